The van der Waals surface area contributed by atoms with E-state index in [1.807, 2.05) is 6.08 Å². The number of aliphatic hydroxyl groups is 1. The number of rotatable bonds is 9. The van der Waals surface area contributed by atoms with Gasteiger partial charge in [0.15, 0.2) is 0 Å². The van der Waals surface area contributed by atoms with E-state index in [-0.39, 0.29) is 6.10 Å². The first kappa shape index (κ1) is 14.7. The van der Waals surface area contributed by atoms with E-state index in [1.165, 1.54) is 25.7 Å². The molecule has 0 saturated carbocycles. The molecule has 0 aliphatic rings. The lowest BCUT2D eigenvalue weighted by Gasteiger charge is -2.16. The highest BCUT2D eigenvalue weighted by Crippen LogP contribution is 2.14. The van der Waals surface area contributed by atoms with Gasteiger partial charge in [-0.2, -0.15) is 0 Å². The Hall–Kier alpha value is -0.300. The molecule has 0 aliphatic carbocycles. The minimum atomic E-state index is -0.230. The smallest absolute Gasteiger partial charge is 0.0748 e. The highest BCUT2D eigenvalue weighted by atomic mass is 16.3. The lowest BCUT2D eigenvalue weighted by Crippen LogP contribution is -2.16. The van der Waals surface area contributed by atoms with E-state index < -0.39 is 0 Å². The van der Waals surface area contributed by atoms with Crippen LogP contribution in [0.15, 0.2) is 12.2 Å². The molecular formula is C14H28O. The van der Waals surface area contributed by atoms with Gasteiger partial charge in [0.25, 0.3) is 0 Å². The summed E-state index contributed by atoms with van der Waals surface area (Å²) in [5.74, 6) is 0.442. The summed E-state index contributed by atoms with van der Waals surface area (Å²) in [5.41, 5.74) is 0. The molecule has 0 aliphatic heterocycles. The molecule has 0 bridgehead atoms. The van der Waals surface area contributed by atoms with Crippen molar-refractivity contribution in [2.45, 2.75) is 71.8 Å². The van der Waals surface area contributed by atoms with E-state index in [0.717, 1.165) is 19.3 Å². The Morgan fingerprint density at radius 2 is 1.67 bits per heavy atom. The second-order valence-electron chi connectivity index (χ2n) is 4.34. The molecule has 15 heavy (non-hydrogen) atoms. The summed E-state index contributed by atoms with van der Waals surface area (Å²) in [4.78, 5) is 0. The van der Waals surface area contributed by atoms with Crippen LogP contribution in [0, 0.1) is 5.92 Å². The van der Waals surface area contributed by atoms with Crippen molar-refractivity contribution < 1.29 is 5.11 Å². The molecule has 0 fully saturated rings. The third-order valence-electron chi connectivity index (χ3n) is 3.09. The van der Waals surface area contributed by atoms with Gasteiger partial charge < -0.3 is 5.11 Å². The van der Waals surface area contributed by atoms with Crippen molar-refractivity contribution in [1.82, 2.24) is 0 Å². The second kappa shape index (κ2) is 10.2. The monoisotopic (exact) mass is 212 g/mol. The molecule has 0 heterocycles. The van der Waals surface area contributed by atoms with E-state index in [2.05, 4.69) is 26.8 Å². The molecule has 90 valence electrons. The average molecular weight is 212 g/mol. The van der Waals surface area contributed by atoms with Crippen LogP contribution in [0.2, 0.25) is 0 Å². The number of unbranched alkanes of at least 4 members (excludes halogenated alkanes) is 4. The summed E-state index contributed by atoms with van der Waals surface area (Å²) >= 11 is 0. The topological polar surface area (TPSA) is 20.2 Å². The fourth-order valence-electron chi connectivity index (χ4n) is 1.85. The van der Waals surface area contributed by atoms with Crippen LogP contribution in [0.4, 0.5) is 0 Å². The van der Waals surface area contributed by atoms with Gasteiger partial charge in [-0.25, -0.2) is 0 Å². The standard InChI is InChI=1S/C14H28O/c1-4-7-8-9-10-11-12-14(15)13(5-2)6-3/h11-15H,4-10H2,1-3H3/b12-11+/t14-/m0/s1. The van der Waals surface area contributed by atoms with Gasteiger partial charge in [-0.1, -0.05) is 65.0 Å². The zero-order valence-corrected chi connectivity index (χ0v) is 10.7. The van der Waals surface area contributed by atoms with Crippen LogP contribution in [-0.4, -0.2) is 11.2 Å². The van der Waals surface area contributed by atoms with Gasteiger partial charge in [0.05, 0.1) is 6.10 Å². The minimum absolute atomic E-state index is 0.230. The van der Waals surface area contributed by atoms with E-state index in [9.17, 15) is 5.11 Å². The second-order valence-corrected chi connectivity index (χ2v) is 4.34. The SMILES string of the molecule is CCCCCC/C=C/[C@H](O)C(CC)CC. The molecule has 0 amide bonds. The van der Waals surface area contributed by atoms with Crippen molar-refractivity contribution in [3.05, 3.63) is 12.2 Å². The summed E-state index contributed by atoms with van der Waals surface area (Å²) in [6.45, 7) is 6.52. The summed E-state index contributed by atoms with van der Waals surface area (Å²) in [7, 11) is 0. The Labute approximate surface area is 95.6 Å². The molecule has 0 unspecified atom stereocenters. The highest BCUT2D eigenvalue weighted by Gasteiger charge is 2.11. The van der Waals surface area contributed by atoms with Gasteiger partial charge >= 0.3 is 0 Å². The molecule has 0 spiro atoms. The van der Waals surface area contributed by atoms with Crippen LogP contribution in [0.25, 0.3) is 0 Å². The largest absolute Gasteiger partial charge is 0.389 e. The van der Waals surface area contributed by atoms with Gasteiger partial charge in [-0.15, -0.1) is 0 Å². The normalized spacial score (nSPS) is 13.9. The Balaban J connectivity index is 3.56. The van der Waals surface area contributed by atoms with Gasteiger partial charge in [-0.05, 0) is 18.8 Å². The highest BCUT2D eigenvalue weighted by molar-refractivity contribution is 4.91. The molecule has 0 rings (SSSR count). The molecule has 1 heteroatoms. The van der Waals surface area contributed by atoms with Crippen LogP contribution < -0.4 is 0 Å². The van der Waals surface area contributed by atoms with Crippen LogP contribution in [0.1, 0.15) is 65.7 Å². The maximum atomic E-state index is 9.82. The Kier molecular flexibility index (Phi) is 10.0. The lowest BCUT2D eigenvalue weighted by atomic mass is 9.96. The molecule has 0 aromatic heterocycles. The number of hydrogen-bond donors (Lipinski definition) is 1. The molecule has 0 aromatic carbocycles. The Morgan fingerprint density at radius 3 is 2.20 bits per heavy atom. The fourth-order valence-corrected chi connectivity index (χ4v) is 1.85. The quantitative estimate of drug-likeness (QED) is 0.446. The Morgan fingerprint density at radius 1 is 1.00 bits per heavy atom. The van der Waals surface area contributed by atoms with Crippen LogP contribution in [0.5, 0.6) is 0 Å². The lowest BCUT2D eigenvalue weighted by molar-refractivity contribution is 0.146. The predicted molar refractivity (Wildman–Crippen MR) is 68.0 cm³/mol. The van der Waals surface area contributed by atoms with Gasteiger partial charge in [0.2, 0.25) is 0 Å². The first-order valence-corrected chi connectivity index (χ1v) is 6.60. The summed E-state index contributed by atoms with van der Waals surface area (Å²) in [6.07, 6.45) is 12.4. The van der Waals surface area contributed by atoms with Crippen molar-refractivity contribution in [1.29, 1.82) is 0 Å². The van der Waals surface area contributed by atoms with E-state index in [0.29, 0.717) is 5.92 Å². The van der Waals surface area contributed by atoms with Crippen molar-refractivity contribution in [3.63, 3.8) is 0 Å². The minimum Gasteiger partial charge on any atom is -0.389 e. The first-order chi connectivity index (χ1) is 7.26. The maximum Gasteiger partial charge on any atom is 0.0748 e. The van der Waals surface area contributed by atoms with Crippen LogP contribution in [0.3, 0.4) is 0 Å². The van der Waals surface area contributed by atoms with Gasteiger partial charge in [0.1, 0.15) is 0 Å². The van der Waals surface area contributed by atoms with Crippen molar-refractivity contribution in [3.8, 4) is 0 Å². The van der Waals surface area contributed by atoms with Gasteiger partial charge in [0, 0.05) is 0 Å². The zero-order valence-electron chi connectivity index (χ0n) is 10.7. The molecule has 0 radical (unpaired) electrons. The van der Waals surface area contributed by atoms with Crippen LogP contribution >= 0.6 is 0 Å². The third-order valence-corrected chi connectivity index (χ3v) is 3.09. The van der Waals surface area contributed by atoms with Crippen molar-refractivity contribution >= 4 is 0 Å². The Bertz CT molecular complexity index is 147. The number of allylic oxidation sites excluding steroid dienone is 1. The maximum absolute atomic E-state index is 9.82. The molecule has 1 atom stereocenters. The number of aliphatic hydroxyl groups excluding tert-OH is 1. The average Bonchev–Trinajstić information content (AvgIpc) is 2.25. The van der Waals surface area contributed by atoms with E-state index in [1.54, 1.807) is 0 Å². The molecule has 0 saturated heterocycles. The summed E-state index contributed by atoms with van der Waals surface area (Å²) < 4.78 is 0. The fraction of sp³-hybridized carbons (Fsp3) is 0.857. The summed E-state index contributed by atoms with van der Waals surface area (Å²) in [5, 5.41) is 9.82. The first-order valence-electron chi connectivity index (χ1n) is 6.60. The molecular weight excluding hydrogens is 184 g/mol. The van der Waals surface area contributed by atoms with Gasteiger partial charge in [-0.3, -0.25) is 0 Å². The van der Waals surface area contributed by atoms with E-state index in [4.69, 9.17) is 0 Å². The third kappa shape index (κ3) is 7.61. The van der Waals surface area contributed by atoms with E-state index >= 15 is 0 Å². The molecule has 1 nitrogen and oxygen atoms in total. The predicted octanol–water partition coefficient (Wildman–Crippen LogP) is 4.31. The number of hydrogen-bond acceptors (Lipinski definition) is 1. The van der Waals surface area contributed by atoms with Crippen LogP contribution in [-0.2, 0) is 0 Å². The van der Waals surface area contributed by atoms with Crippen molar-refractivity contribution in [2.75, 3.05) is 0 Å². The zero-order chi connectivity index (χ0) is 11.5. The summed E-state index contributed by atoms with van der Waals surface area (Å²) in [6, 6.07) is 0. The molecule has 0 aromatic rings. The van der Waals surface area contributed by atoms with Crippen molar-refractivity contribution in [2.24, 2.45) is 5.92 Å². The molecule has 1 N–H and O–H groups in total.